The third-order valence-electron chi connectivity index (χ3n) is 2.45. The molecule has 1 amide bonds. The molecule has 0 heterocycles. The Kier molecular flexibility index (Phi) is 4.31. The number of likely N-dealkylation sites (N-methyl/N-ethyl adjacent to an activating group) is 2. The van der Waals surface area contributed by atoms with E-state index in [9.17, 15) is 9.90 Å². The van der Waals surface area contributed by atoms with Crippen LogP contribution in [-0.4, -0.2) is 36.6 Å². The molecule has 0 spiro atoms. The maximum absolute atomic E-state index is 11.1. The van der Waals surface area contributed by atoms with Crippen LogP contribution in [0, 0.1) is 6.92 Å². The van der Waals surface area contributed by atoms with Crippen molar-refractivity contribution < 1.29 is 9.90 Å². The fourth-order valence-corrected chi connectivity index (χ4v) is 1.52. The molecule has 1 aromatic rings. The van der Waals surface area contributed by atoms with Crippen LogP contribution >= 0.6 is 0 Å². The molecule has 0 radical (unpaired) electrons. The van der Waals surface area contributed by atoms with Crippen molar-refractivity contribution in [2.75, 3.05) is 20.6 Å². The number of nitrogens with zero attached hydrogens (tertiary/aromatic N) is 1. The average molecular weight is 222 g/mol. The molecule has 0 aliphatic carbocycles. The number of aromatic hydroxyl groups is 1. The van der Waals surface area contributed by atoms with Crippen molar-refractivity contribution in [3.63, 3.8) is 0 Å². The zero-order valence-corrected chi connectivity index (χ0v) is 9.95. The average Bonchev–Trinajstić information content (AvgIpc) is 2.24. The van der Waals surface area contributed by atoms with Crippen LogP contribution in [0.15, 0.2) is 18.2 Å². The maximum atomic E-state index is 11.1. The number of hydrogen-bond acceptors (Lipinski definition) is 3. The first-order valence-corrected chi connectivity index (χ1v) is 5.21. The van der Waals surface area contributed by atoms with E-state index in [2.05, 4.69) is 5.32 Å². The first-order chi connectivity index (χ1) is 7.54. The Morgan fingerprint density at radius 3 is 2.81 bits per heavy atom. The van der Waals surface area contributed by atoms with Crippen LogP contribution < -0.4 is 5.32 Å². The number of carbonyl (C=O) groups excluding carboxylic acids is 1. The molecule has 2 N–H and O–H groups in total. The van der Waals surface area contributed by atoms with E-state index < -0.39 is 0 Å². The third kappa shape index (κ3) is 3.24. The van der Waals surface area contributed by atoms with E-state index in [1.54, 1.807) is 7.05 Å². The van der Waals surface area contributed by atoms with Crippen molar-refractivity contribution in [3.05, 3.63) is 29.3 Å². The molecule has 0 aliphatic rings. The van der Waals surface area contributed by atoms with Gasteiger partial charge in [0.15, 0.2) is 0 Å². The van der Waals surface area contributed by atoms with Crippen LogP contribution in [0.25, 0.3) is 0 Å². The highest BCUT2D eigenvalue weighted by Crippen LogP contribution is 2.22. The van der Waals surface area contributed by atoms with Gasteiger partial charge in [-0.3, -0.25) is 9.69 Å². The first kappa shape index (κ1) is 12.5. The monoisotopic (exact) mass is 222 g/mol. The van der Waals surface area contributed by atoms with Gasteiger partial charge in [0, 0.05) is 19.2 Å². The number of rotatable bonds is 4. The molecule has 0 aliphatic heterocycles. The molecule has 1 rings (SSSR count). The zero-order chi connectivity index (χ0) is 12.1. The normalized spacial score (nSPS) is 10.5. The van der Waals surface area contributed by atoms with Crippen molar-refractivity contribution in [2.24, 2.45) is 0 Å². The number of phenolic OH excluding ortho intramolecular Hbond substituents is 1. The fraction of sp³-hybridized carbons (Fsp3) is 0.417. The minimum absolute atomic E-state index is 0.0327. The molecule has 0 atom stereocenters. The lowest BCUT2D eigenvalue weighted by atomic mass is 10.1. The van der Waals surface area contributed by atoms with Gasteiger partial charge in [0.05, 0.1) is 6.54 Å². The summed E-state index contributed by atoms with van der Waals surface area (Å²) in [6, 6.07) is 5.62. The highest BCUT2D eigenvalue weighted by molar-refractivity contribution is 5.77. The summed E-state index contributed by atoms with van der Waals surface area (Å²) >= 11 is 0. The van der Waals surface area contributed by atoms with Crippen LogP contribution in [0.5, 0.6) is 5.75 Å². The van der Waals surface area contributed by atoms with E-state index in [-0.39, 0.29) is 5.91 Å². The van der Waals surface area contributed by atoms with Gasteiger partial charge in [-0.15, -0.1) is 0 Å². The van der Waals surface area contributed by atoms with E-state index in [1.165, 1.54) is 0 Å². The van der Waals surface area contributed by atoms with Gasteiger partial charge < -0.3 is 10.4 Å². The predicted molar refractivity (Wildman–Crippen MR) is 63.2 cm³/mol. The number of nitrogens with one attached hydrogen (secondary N) is 1. The first-order valence-electron chi connectivity index (χ1n) is 5.21. The van der Waals surface area contributed by atoms with Crippen LogP contribution in [-0.2, 0) is 11.3 Å². The molecule has 0 saturated carbocycles. The predicted octanol–water partition coefficient (Wildman–Crippen LogP) is 0.878. The molecular formula is C12H18N2O2. The van der Waals surface area contributed by atoms with Crippen LogP contribution in [0.4, 0.5) is 0 Å². The number of amides is 1. The summed E-state index contributed by atoms with van der Waals surface area (Å²) < 4.78 is 0. The van der Waals surface area contributed by atoms with Gasteiger partial charge in [-0.25, -0.2) is 0 Å². The van der Waals surface area contributed by atoms with Crippen molar-refractivity contribution in [1.29, 1.82) is 0 Å². The summed E-state index contributed by atoms with van der Waals surface area (Å²) in [6.07, 6.45) is 0. The lowest BCUT2D eigenvalue weighted by molar-refractivity contribution is -0.121. The summed E-state index contributed by atoms with van der Waals surface area (Å²) in [6.45, 7) is 2.74. The van der Waals surface area contributed by atoms with E-state index in [4.69, 9.17) is 0 Å². The number of phenols is 1. The molecule has 4 nitrogen and oxygen atoms in total. The van der Waals surface area contributed by atoms with Gasteiger partial charge in [0.2, 0.25) is 5.91 Å². The molecule has 1 aromatic carbocycles. The minimum atomic E-state index is -0.0327. The van der Waals surface area contributed by atoms with Crippen LogP contribution in [0.3, 0.4) is 0 Å². The number of carbonyl (C=O) groups is 1. The van der Waals surface area contributed by atoms with Gasteiger partial charge in [-0.2, -0.15) is 0 Å². The topological polar surface area (TPSA) is 52.6 Å². The molecule has 0 fully saturated rings. The Hall–Kier alpha value is -1.55. The summed E-state index contributed by atoms with van der Waals surface area (Å²) in [7, 11) is 3.46. The van der Waals surface area contributed by atoms with Crippen molar-refractivity contribution in [1.82, 2.24) is 10.2 Å². The standard InChI is InChI=1S/C12H18N2O2/c1-9-5-4-6-10(12(9)16)7-14(3)8-11(15)13-2/h4-6,16H,7-8H2,1-3H3,(H,13,15). The third-order valence-corrected chi connectivity index (χ3v) is 2.45. The van der Waals surface area contributed by atoms with E-state index in [0.717, 1.165) is 11.1 Å². The quantitative estimate of drug-likeness (QED) is 0.795. The lowest BCUT2D eigenvalue weighted by Crippen LogP contribution is -2.32. The van der Waals surface area contributed by atoms with Crippen molar-refractivity contribution >= 4 is 5.91 Å². The molecule has 4 heteroatoms. The second-order valence-corrected chi connectivity index (χ2v) is 3.93. The Morgan fingerprint density at radius 1 is 1.50 bits per heavy atom. The van der Waals surface area contributed by atoms with Crippen molar-refractivity contribution in [3.8, 4) is 5.75 Å². The Labute approximate surface area is 95.9 Å². The highest BCUT2D eigenvalue weighted by atomic mass is 16.3. The Morgan fingerprint density at radius 2 is 2.19 bits per heavy atom. The molecule has 0 saturated heterocycles. The zero-order valence-electron chi connectivity index (χ0n) is 9.95. The number of aryl methyl sites for hydroxylation is 1. The minimum Gasteiger partial charge on any atom is -0.507 e. The van der Waals surface area contributed by atoms with Gasteiger partial charge >= 0.3 is 0 Å². The maximum Gasteiger partial charge on any atom is 0.233 e. The van der Waals surface area contributed by atoms with E-state index in [0.29, 0.717) is 18.8 Å². The molecule has 0 unspecified atom stereocenters. The SMILES string of the molecule is CNC(=O)CN(C)Cc1cccc(C)c1O. The second-order valence-electron chi connectivity index (χ2n) is 3.93. The van der Waals surface area contributed by atoms with E-state index >= 15 is 0 Å². The molecule has 16 heavy (non-hydrogen) atoms. The van der Waals surface area contributed by atoms with Crippen molar-refractivity contribution in [2.45, 2.75) is 13.5 Å². The van der Waals surface area contributed by atoms with Gasteiger partial charge in [0.25, 0.3) is 0 Å². The molecule has 0 aromatic heterocycles. The van der Waals surface area contributed by atoms with E-state index in [1.807, 2.05) is 37.1 Å². The Bertz CT molecular complexity index is 377. The van der Waals surface area contributed by atoms with Crippen LogP contribution in [0.2, 0.25) is 0 Å². The number of hydrogen-bond donors (Lipinski definition) is 2. The Balaban J connectivity index is 2.66. The second kappa shape index (κ2) is 5.51. The lowest BCUT2D eigenvalue weighted by Gasteiger charge is -2.16. The summed E-state index contributed by atoms with van der Waals surface area (Å²) in [5.41, 5.74) is 1.69. The molecule has 88 valence electrons. The number of para-hydroxylation sites is 1. The fourth-order valence-electron chi connectivity index (χ4n) is 1.52. The molecular weight excluding hydrogens is 204 g/mol. The molecule has 0 bridgehead atoms. The van der Waals surface area contributed by atoms with Gasteiger partial charge in [0.1, 0.15) is 5.75 Å². The highest BCUT2D eigenvalue weighted by Gasteiger charge is 2.09. The number of benzene rings is 1. The van der Waals surface area contributed by atoms with Crippen LogP contribution in [0.1, 0.15) is 11.1 Å². The van der Waals surface area contributed by atoms with Gasteiger partial charge in [-0.1, -0.05) is 18.2 Å². The smallest absolute Gasteiger partial charge is 0.233 e. The largest absolute Gasteiger partial charge is 0.507 e. The summed E-state index contributed by atoms with van der Waals surface area (Å²) in [5, 5.41) is 12.4. The van der Waals surface area contributed by atoms with Gasteiger partial charge in [-0.05, 0) is 19.5 Å². The summed E-state index contributed by atoms with van der Waals surface area (Å²) in [4.78, 5) is 13.0. The summed E-state index contributed by atoms with van der Waals surface area (Å²) in [5.74, 6) is 0.279.